The van der Waals surface area contributed by atoms with Crippen LogP contribution in [-0.4, -0.2) is 29.3 Å². The third kappa shape index (κ3) is 3.31. The lowest BCUT2D eigenvalue weighted by molar-refractivity contribution is 0.0620. The van der Waals surface area contributed by atoms with Crippen molar-refractivity contribution >= 4 is 11.8 Å². The summed E-state index contributed by atoms with van der Waals surface area (Å²) in [6.07, 6.45) is 2.91. The molecule has 2 amide bonds. The molecule has 5 heteroatoms. The van der Waals surface area contributed by atoms with Crippen molar-refractivity contribution in [2.45, 2.75) is 45.7 Å². The molecule has 1 aromatic carbocycles. The largest absolute Gasteiger partial charge is 0.468 e. The predicted octanol–water partition coefficient (Wildman–Crippen LogP) is 3.57. The number of nitrogens with zero attached hydrogens (tertiary/aromatic N) is 1. The summed E-state index contributed by atoms with van der Waals surface area (Å²) in [6, 6.07) is 9.79. The topological polar surface area (TPSA) is 62.6 Å². The highest BCUT2D eigenvalue weighted by atomic mass is 16.3. The van der Waals surface area contributed by atoms with Gasteiger partial charge < -0.3 is 14.6 Å². The van der Waals surface area contributed by atoms with E-state index in [-0.39, 0.29) is 23.9 Å². The number of benzene rings is 1. The Hall–Kier alpha value is -2.56. The minimum absolute atomic E-state index is 0.0119. The van der Waals surface area contributed by atoms with E-state index in [2.05, 4.69) is 5.32 Å². The summed E-state index contributed by atoms with van der Waals surface area (Å²) in [6.45, 7) is 6.57. The lowest BCUT2D eigenvalue weighted by atomic mass is 10.0. The zero-order valence-electron chi connectivity index (χ0n) is 14.9. The highest BCUT2D eigenvalue weighted by molar-refractivity contribution is 6.08. The van der Waals surface area contributed by atoms with Gasteiger partial charge in [-0.05, 0) is 32.8 Å². The predicted molar refractivity (Wildman–Crippen MR) is 95.5 cm³/mol. The fourth-order valence-corrected chi connectivity index (χ4v) is 3.42. The smallest absolute Gasteiger partial charge is 0.258 e. The standard InChI is InChI=1S/C20H24N2O3/c1-13(2)22(14(3)15-8-5-4-6-9-15)20(24)16-12-25-17-10-7-11-21-19(23)18(16)17/h4-6,8-9,12-14H,7,10-11H2,1-3H3,(H,21,23). The molecule has 1 atom stereocenters. The number of aryl methyl sites for hydroxylation is 1. The molecule has 1 aliphatic rings. The first-order valence-electron chi connectivity index (χ1n) is 8.77. The summed E-state index contributed by atoms with van der Waals surface area (Å²) in [5.74, 6) is 0.212. The third-order valence-electron chi connectivity index (χ3n) is 4.68. The van der Waals surface area contributed by atoms with Gasteiger partial charge >= 0.3 is 0 Å². The Morgan fingerprint density at radius 1 is 1.20 bits per heavy atom. The summed E-state index contributed by atoms with van der Waals surface area (Å²) in [5, 5.41) is 2.84. The summed E-state index contributed by atoms with van der Waals surface area (Å²) in [7, 11) is 0. The van der Waals surface area contributed by atoms with Gasteiger partial charge in [0.2, 0.25) is 0 Å². The van der Waals surface area contributed by atoms with E-state index in [4.69, 9.17) is 4.42 Å². The van der Waals surface area contributed by atoms with E-state index in [0.717, 1.165) is 12.0 Å². The van der Waals surface area contributed by atoms with Crippen LogP contribution in [0, 0.1) is 0 Å². The van der Waals surface area contributed by atoms with Gasteiger partial charge in [0, 0.05) is 19.0 Å². The van der Waals surface area contributed by atoms with Crippen LogP contribution < -0.4 is 5.32 Å². The average Bonchev–Trinajstić information content (AvgIpc) is 2.94. The third-order valence-corrected chi connectivity index (χ3v) is 4.68. The van der Waals surface area contributed by atoms with Crippen molar-refractivity contribution in [1.82, 2.24) is 10.2 Å². The maximum absolute atomic E-state index is 13.3. The van der Waals surface area contributed by atoms with Crippen LogP contribution in [0.5, 0.6) is 0 Å². The van der Waals surface area contributed by atoms with Gasteiger partial charge in [-0.1, -0.05) is 30.3 Å². The van der Waals surface area contributed by atoms with Crippen molar-refractivity contribution in [2.75, 3.05) is 6.54 Å². The van der Waals surface area contributed by atoms with E-state index in [1.54, 1.807) is 4.90 Å². The molecule has 1 aromatic heterocycles. The Labute approximate surface area is 148 Å². The van der Waals surface area contributed by atoms with Gasteiger partial charge in [-0.25, -0.2) is 0 Å². The van der Waals surface area contributed by atoms with Crippen LogP contribution in [0.15, 0.2) is 41.0 Å². The van der Waals surface area contributed by atoms with Gasteiger partial charge in [-0.15, -0.1) is 0 Å². The molecular weight excluding hydrogens is 316 g/mol. The SMILES string of the molecule is CC(C)N(C(=O)c1coc2c1C(=O)NCCC2)C(C)c1ccccc1. The van der Waals surface area contributed by atoms with Crippen LogP contribution in [0.3, 0.4) is 0 Å². The molecule has 2 aromatic rings. The second kappa shape index (κ2) is 7.13. The Morgan fingerprint density at radius 3 is 2.60 bits per heavy atom. The second-order valence-corrected chi connectivity index (χ2v) is 6.70. The van der Waals surface area contributed by atoms with Gasteiger partial charge in [0.15, 0.2) is 0 Å². The summed E-state index contributed by atoms with van der Waals surface area (Å²) < 4.78 is 5.57. The molecule has 0 saturated carbocycles. The van der Waals surface area contributed by atoms with Gasteiger partial charge in [-0.3, -0.25) is 9.59 Å². The number of fused-ring (bicyclic) bond motifs is 1. The zero-order valence-corrected chi connectivity index (χ0v) is 14.9. The fraction of sp³-hybridized carbons (Fsp3) is 0.400. The molecule has 0 saturated heterocycles. The molecule has 25 heavy (non-hydrogen) atoms. The molecule has 0 spiro atoms. The van der Waals surface area contributed by atoms with Crippen molar-refractivity contribution in [3.8, 4) is 0 Å². The van der Waals surface area contributed by atoms with Gasteiger partial charge in [0.1, 0.15) is 12.0 Å². The quantitative estimate of drug-likeness (QED) is 0.925. The van der Waals surface area contributed by atoms with Crippen LogP contribution in [0.4, 0.5) is 0 Å². The number of hydrogen-bond acceptors (Lipinski definition) is 3. The lowest BCUT2D eigenvalue weighted by Gasteiger charge is -2.33. The number of furan rings is 1. The number of nitrogens with one attached hydrogen (secondary N) is 1. The van der Waals surface area contributed by atoms with Crippen LogP contribution >= 0.6 is 0 Å². The minimum atomic E-state index is -0.222. The van der Waals surface area contributed by atoms with Crippen molar-refractivity contribution in [1.29, 1.82) is 0 Å². The van der Waals surface area contributed by atoms with E-state index < -0.39 is 0 Å². The number of carbonyl (C=O) groups excluding carboxylic acids is 2. The van der Waals surface area contributed by atoms with Gasteiger partial charge in [0.25, 0.3) is 11.8 Å². The Balaban J connectivity index is 1.97. The summed E-state index contributed by atoms with van der Waals surface area (Å²) in [4.78, 5) is 27.5. The van der Waals surface area contributed by atoms with Crippen LogP contribution in [0.25, 0.3) is 0 Å². The molecule has 0 fully saturated rings. The zero-order chi connectivity index (χ0) is 18.0. The molecule has 0 bridgehead atoms. The molecule has 1 unspecified atom stereocenters. The maximum atomic E-state index is 13.3. The number of amides is 2. The van der Waals surface area contributed by atoms with E-state index in [9.17, 15) is 9.59 Å². The minimum Gasteiger partial charge on any atom is -0.468 e. The van der Waals surface area contributed by atoms with Crippen molar-refractivity contribution < 1.29 is 14.0 Å². The first kappa shape index (κ1) is 17.3. The number of carbonyl (C=O) groups is 2. The normalized spacial score (nSPS) is 15.3. The molecular formula is C20H24N2O3. The molecule has 0 radical (unpaired) electrons. The second-order valence-electron chi connectivity index (χ2n) is 6.70. The van der Waals surface area contributed by atoms with E-state index in [1.807, 2.05) is 51.1 Å². The molecule has 5 nitrogen and oxygen atoms in total. The first-order valence-corrected chi connectivity index (χ1v) is 8.77. The van der Waals surface area contributed by atoms with Crippen LogP contribution in [0.2, 0.25) is 0 Å². The van der Waals surface area contributed by atoms with Crippen LogP contribution in [0.1, 0.15) is 65.3 Å². The van der Waals surface area contributed by atoms with Gasteiger partial charge in [0.05, 0.1) is 17.2 Å². The van der Waals surface area contributed by atoms with E-state index in [0.29, 0.717) is 29.9 Å². The Kier molecular flexibility index (Phi) is 4.93. The van der Waals surface area contributed by atoms with Crippen molar-refractivity contribution in [3.05, 3.63) is 59.0 Å². The van der Waals surface area contributed by atoms with Crippen molar-refractivity contribution in [3.63, 3.8) is 0 Å². The molecule has 3 rings (SSSR count). The fourth-order valence-electron chi connectivity index (χ4n) is 3.42. The highest BCUT2D eigenvalue weighted by Crippen LogP contribution is 2.28. The number of rotatable bonds is 4. The molecule has 1 aliphatic heterocycles. The molecule has 1 N–H and O–H groups in total. The lowest BCUT2D eigenvalue weighted by Crippen LogP contribution is -2.39. The summed E-state index contributed by atoms with van der Waals surface area (Å²) >= 11 is 0. The molecule has 0 aliphatic carbocycles. The first-order chi connectivity index (χ1) is 12.0. The average molecular weight is 340 g/mol. The monoisotopic (exact) mass is 340 g/mol. The van der Waals surface area contributed by atoms with E-state index in [1.165, 1.54) is 6.26 Å². The van der Waals surface area contributed by atoms with Crippen LogP contribution in [-0.2, 0) is 6.42 Å². The summed E-state index contributed by atoms with van der Waals surface area (Å²) in [5.41, 5.74) is 1.81. The maximum Gasteiger partial charge on any atom is 0.258 e. The van der Waals surface area contributed by atoms with Crippen molar-refractivity contribution in [2.24, 2.45) is 0 Å². The Bertz CT molecular complexity index is 765. The Morgan fingerprint density at radius 2 is 1.92 bits per heavy atom. The number of hydrogen-bond donors (Lipinski definition) is 1. The van der Waals surface area contributed by atoms with Gasteiger partial charge in [-0.2, -0.15) is 0 Å². The van der Waals surface area contributed by atoms with E-state index >= 15 is 0 Å². The highest BCUT2D eigenvalue weighted by Gasteiger charge is 2.32. The molecule has 132 valence electrons. The molecule has 2 heterocycles.